The largest absolute Gasteiger partial charge is 0.398 e. The van der Waals surface area contributed by atoms with E-state index in [2.05, 4.69) is 16.7 Å². The summed E-state index contributed by atoms with van der Waals surface area (Å²) in [4.78, 5) is 1.21. The lowest BCUT2D eigenvalue weighted by Gasteiger charge is -2.06. The van der Waals surface area contributed by atoms with Crippen LogP contribution in [0.2, 0.25) is 0 Å². The first-order valence-corrected chi connectivity index (χ1v) is 5.48. The van der Waals surface area contributed by atoms with Crippen LogP contribution in [0, 0.1) is 0 Å². The fourth-order valence-electron chi connectivity index (χ4n) is 0.947. The first kappa shape index (κ1) is 8.27. The van der Waals surface area contributed by atoms with Gasteiger partial charge in [0.05, 0.1) is 0 Å². The van der Waals surface area contributed by atoms with Crippen molar-refractivity contribution in [2.75, 3.05) is 19.0 Å². The second-order valence-electron chi connectivity index (χ2n) is 2.40. The van der Waals surface area contributed by atoms with Gasteiger partial charge in [-0.25, -0.2) is 0 Å². The molecule has 2 nitrogen and oxygen atoms in total. The summed E-state index contributed by atoms with van der Waals surface area (Å²) >= 11 is 0. The van der Waals surface area contributed by atoms with E-state index in [9.17, 15) is 0 Å². The maximum Gasteiger partial charge on any atom is 0.0441 e. The van der Waals surface area contributed by atoms with Crippen molar-refractivity contribution >= 4 is 16.4 Å². The van der Waals surface area contributed by atoms with Gasteiger partial charge in [-0.05, 0) is 18.4 Å². The molecule has 62 valence electrons. The van der Waals surface area contributed by atoms with Gasteiger partial charge in [0, 0.05) is 17.6 Å². The second-order valence-corrected chi connectivity index (χ2v) is 4.55. The van der Waals surface area contributed by atoms with Crippen molar-refractivity contribution in [3.63, 3.8) is 0 Å². The van der Waals surface area contributed by atoms with E-state index in [1.165, 1.54) is 4.90 Å². The van der Waals surface area contributed by atoms with Crippen molar-refractivity contribution in [3.05, 3.63) is 24.3 Å². The Bertz CT molecular complexity index is 281. The van der Waals surface area contributed by atoms with Gasteiger partial charge in [-0.1, -0.05) is 12.1 Å². The first-order valence-electron chi connectivity index (χ1n) is 3.54. The molecule has 0 aliphatic rings. The molecule has 0 aromatic heterocycles. The molecule has 0 fully saturated rings. The summed E-state index contributed by atoms with van der Waals surface area (Å²) in [5.74, 6) is 0. The molecule has 0 atom stereocenters. The van der Waals surface area contributed by atoms with Crippen molar-refractivity contribution in [2.45, 2.75) is 4.90 Å². The van der Waals surface area contributed by atoms with Gasteiger partial charge in [-0.2, -0.15) is 10.7 Å². The van der Waals surface area contributed by atoms with Crippen LogP contribution in [0.5, 0.6) is 0 Å². The average molecular weight is 170 g/mol. The van der Waals surface area contributed by atoms with Crippen molar-refractivity contribution < 1.29 is 0 Å². The van der Waals surface area contributed by atoms with Gasteiger partial charge in [-0.3, -0.25) is 4.36 Å². The molecule has 11 heavy (non-hydrogen) atoms. The van der Waals surface area contributed by atoms with Gasteiger partial charge in [-0.15, -0.1) is 0 Å². The van der Waals surface area contributed by atoms with Gasteiger partial charge in [0.1, 0.15) is 0 Å². The van der Waals surface area contributed by atoms with Crippen LogP contribution in [-0.2, 0) is 10.7 Å². The van der Waals surface area contributed by atoms with Gasteiger partial charge in [0.25, 0.3) is 0 Å². The van der Waals surface area contributed by atoms with E-state index in [4.69, 9.17) is 5.73 Å². The highest BCUT2D eigenvalue weighted by atomic mass is 32.2. The fourth-order valence-corrected chi connectivity index (χ4v) is 2.03. The topological polar surface area (TPSA) is 38.4 Å². The number of hydrogen-bond donors (Lipinski definition) is 1. The smallest absolute Gasteiger partial charge is 0.0441 e. The van der Waals surface area contributed by atoms with E-state index in [-0.39, 0.29) is 0 Å². The lowest BCUT2D eigenvalue weighted by molar-refractivity contribution is 1.42. The second kappa shape index (κ2) is 3.53. The number of hydrogen-bond acceptors (Lipinski definition) is 2. The number of nitrogens with two attached hydrogens (primary N) is 1. The Morgan fingerprint density at radius 1 is 1.36 bits per heavy atom. The number of nitrogen functional groups attached to an aromatic ring is 1. The lowest BCUT2D eigenvalue weighted by atomic mass is 10.3. The third-order valence-corrected chi connectivity index (χ3v) is 3.59. The Kier molecular flexibility index (Phi) is 2.65. The molecule has 0 heterocycles. The molecule has 0 saturated carbocycles. The zero-order valence-electron chi connectivity index (χ0n) is 6.83. The minimum absolute atomic E-state index is 0.737. The molecule has 0 bridgehead atoms. The molecule has 0 unspecified atom stereocenters. The van der Waals surface area contributed by atoms with Gasteiger partial charge >= 0.3 is 0 Å². The van der Waals surface area contributed by atoms with Crippen LogP contribution in [0.15, 0.2) is 33.5 Å². The SMILES string of the molecule is C/N=[SH2](\C)c1ccccc1N. The Morgan fingerprint density at radius 2 is 2.00 bits per heavy atom. The third kappa shape index (κ3) is 1.80. The minimum atomic E-state index is -0.737. The summed E-state index contributed by atoms with van der Waals surface area (Å²) in [5.41, 5.74) is 6.63. The maximum atomic E-state index is 5.76. The maximum absolute atomic E-state index is 5.76. The predicted molar refractivity (Wildman–Crippen MR) is 53.6 cm³/mol. The van der Waals surface area contributed by atoms with E-state index in [0.29, 0.717) is 0 Å². The highest BCUT2D eigenvalue weighted by Gasteiger charge is 1.94. The van der Waals surface area contributed by atoms with Crippen LogP contribution in [-0.4, -0.2) is 13.3 Å². The molecule has 0 aliphatic heterocycles. The number of rotatable bonds is 1. The molecular formula is C8H14N2S. The molecule has 0 spiro atoms. The highest BCUT2D eigenvalue weighted by molar-refractivity contribution is 7.86. The molecule has 1 aromatic rings. The predicted octanol–water partition coefficient (Wildman–Crippen LogP) is 1.15. The summed E-state index contributed by atoms with van der Waals surface area (Å²) in [7, 11) is 1.11. The molecule has 2 N–H and O–H groups in total. The van der Waals surface area contributed by atoms with E-state index in [1.807, 2.05) is 25.2 Å². The summed E-state index contributed by atoms with van der Waals surface area (Å²) in [5, 5.41) is 0. The van der Waals surface area contributed by atoms with E-state index in [0.717, 1.165) is 5.69 Å². The van der Waals surface area contributed by atoms with Crippen molar-refractivity contribution in [1.29, 1.82) is 0 Å². The normalized spacial score (nSPS) is 14.9. The third-order valence-electron chi connectivity index (χ3n) is 1.69. The molecule has 1 rings (SSSR count). The van der Waals surface area contributed by atoms with Gasteiger partial charge in [0.15, 0.2) is 0 Å². The van der Waals surface area contributed by atoms with Crippen molar-refractivity contribution in [2.24, 2.45) is 4.36 Å². The van der Waals surface area contributed by atoms with Crippen LogP contribution in [0.25, 0.3) is 0 Å². The van der Waals surface area contributed by atoms with Crippen LogP contribution >= 0.6 is 0 Å². The quantitative estimate of drug-likeness (QED) is 0.631. The molecule has 1 aromatic carbocycles. The molecule has 0 amide bonds. The molecule has 0 saturated heterocycles. The summed E-state index contributed by atoms with van der Waals surface area (Å²) in [6.07, 6.45) is 2.14. The molecular weight excluding hydrogens is 156 g/mol. The zero-order valence-corrected chi connectivity index (χ0v) is 7.83. The minimum Gasteiger partial charge on any atom is -0.398 e. The number of para-hydroxylation sites is 1. The summed E-state index contributed by atoms with van der Waals surface area (Å²) in [6, 6.07) is 7.93. The van der Waals surface area contributed by atoms with Crippen molar-refractivity contribution in [1.82, 2.24) is 0 Å². The average Bonchev–Trinajstić information content (AvgIpc) is 2.04. The summed E-state index contributed by atoms with van der Waals surface area (Å²) < 4.78 is 4.24. The first-order chi connectivity index (χ1) is 5.25. The Balaban J connectivity index is 3.14. The Morgan fingerprint density at radius 3 is 2.55 bits per heavy atom. The van der Waals surface area contributed by atoms with Crippen LogP contribution in [0.4, 0.5) is 5.69 Å². The zero-order chi connectivity index (χ0) is 8.27. The van der Waals surface area contributed by atoms with Crippen molar-refractivity contribution in [3.8, 4) is 0 Å². The highest BCUT2D eigenvalue weighted by Crippen LogP contribution is 2.14. The monoisotopic (exact) mass is 170 g/mol. The number of nitrogens with zero attached hydrogens (tertiary/aromatic N) is 1. The number of anilines is 1. The lowest BCUT2D eigenvalue weighted by Crippen LogP contribution is -1.94. The van der Waals surface area contributed by atoms with E-state index in [1.54, 1.807) is 0 Å². The number of benzene rings is 1. The van der Waals surface area contributed by atoms with Crippen LogP contribution in [0.3, 0.4) is 0 Å². The van der Waals surface area contributed by atoms with E-state index >= 15 is 0 Å². The van der Waals surface area contributed by atoms with Gasteiger partial charge in [0.2, 0.25) is 0 Å². The van der Waals surface area contributed by atoms with Crippen LogP contribution < -0.4 is 5.73 Å². The summed E-state index contributed by atoms with van der Waals surface area (Å²) in [6.45, 7) is 0. The standard InChI is InChI=1S/C8H14N2S/c1-10-11(2)8-6-4-3-5-7(8)9/h3-6H,9,11H2,1-2H3. The Labute approximate surface area is 69.5 Å². The molecule has 0 aliphatic carbocycles. The van der Waals surface area contributed by atoms with Gasteiger partial charge < -0.3 is 5.73 Å². The fraction of sp³-hybridized carbons (Fsp3) is 0.250. The Hall–Kier alpha value is -0.830. The van der Waals surface area contributed by atoms with E-state index < -0.39 is 10.7 Å². The molecule has 3 heteroatoms. The van der Waals surface area contributed by atoms with Crippen LogP contribution in [0.1, 0.15) is 0 Å². The molecule has 0 radical (unpaired) electrons.